The third kappa shape index (κ3) is 5.00. The molecule has 6 rings (SSSR count). The maximum absolute atomic E-state index is 14.0. The van der Waals surface area contributed by atoms with Crippen LogP contribution in [0.2, 0.25) is 0 Å². The van der Waals surface area contributed by atoms with Crippen molar-refractivity contribution >= 4 is 64.6 Å². The summed E-state index contributed by atoms with van der Waals surface area (Å²) in [5, 5.41) is 21.2. The van der Waals surface area contributed by atoms with E-state index in [0.717, 1.165) is 33.7 Å². The SMILES string of the molecule is C=C[C-]1C(C)=C2/C=C3\[N-]/C(=C4\c5[n-]c(c(C)c5C(=O)[C@@H]4C(=O)OC)/C=c4\[n-]c(c(C)\c4=C/C)/C=C/1[N-]2)[C@@H](CCC(=O)O)[C@@H]3C.[Mg+2]. The smallest absolute Gasteiger partial charge is 0.716 e. The molecule has 0 unspecified atom stereocenters. The van der Waals surface area contributed by atoms with Crippen molar-refractivity contribution in [3.63, 3.8) is 0 Å². The number of ether oxygens (including phenoxy) is 1. The van der Waals surface area contributed by atoms with Crippen LogP contribution < -0.4 is 20.5 Å². The van der Waals surface area contributed by atoms with E-state index in [1.165, 1.54) is 7.11 Å². The normalized spacial score (nSPS) is 26.7. The van der Waals surface area contributed by atoms with Crippen molar-refractivity contribution in [3.05, 3.63) is 108 Å². The van der Waals surface area contributed by atoms with Gasteiger partial charge >= 0.3 is 35.0 Å². The molecule has 3 aliphatic heterocycles. The molecule has 4 aliphatic rings. The number of fused-ring (bicyclic) bond motifs is 7. The number of methoxy groups -OCH3 is 1. The zero-order valence-corrected chi connectivity index (χ0v) is 27.7. The quantitative estimate of drug-likeness (QED) is 0.229. The number of rotatable bonds is 5. The number of aliphatic carboxylic acids is 1. The molecule has 1 fully saturated rings. The van der Waals surface area contributed by atoms with E-state index in [2.05, 4.69) is 6.58 Å². The molecule has 5 heterocycles. The number of nitrogens with zero attached hydrogens (tertiary/aromatic N) is 4. The van der Waals surface area contributed by atoms with Crippen LogP contribution in [-0.4, -0.2) is 53.0 Å². The molecule has 0 spiro atoms. The Bertz CT molecular complexity index is 1920. The Morgan fingerprint density at radius 1 is 1.09 bits per heavy atom. The Morgan fingerprint density at radius 3 is 2.44 bits per heavy atom. The minimum Gasteiger partial charge on any atom is -0.716 e. The van der Waals surface area contributed by atoms with Crippen LogP contribution in [0.1, 0.15) is 72.2 Å². The average Bonchev–Trinajstić information content (AvgIpc) is 3.72. The van der Waals surface area contributed by atoms with E-state index in [1.807, 2.05) is 58.9 Å². The van der Waals surface area contributed by atoms with E-state index in [1.54, 1.807) is 6.08 Å². The van der Waals surface area contributed by atoms with Crippen LogP contribution in [0.25, 0.3) is 34.4 Å². The van der Waals surface area contributed by atoms with Gasteiger partial charge in [-0.05, 0) is 44.2 Å². The van der Waals surface area contributed by atoms with Crippen LogP contribution in [-0.2, 0) is 14.3 Å². The minimum atomic E-state index is -1.24. The maximum atomic E-state index is 14.0. The number of allylic oxidation sites excluding steroid dienone is 4. The van der Waals surface area contributed by atoms with E-state index in [0.29, 0.717) is 50.5 Å². The summed E-state index contributed by atoms with van der Waals surface area (Å²) in [5.74, 6) is -2.97. The fourth-order valence-electron chi connectivity index (χ4n) is 6.81. The largest absolute Gasteiger partial charge is 2.00 e. The number of ketones is 1. The first-order valence-corrected chi connectivity index (χ1v) is 14.6. The first-order chi connectivity index (χ1) is 21.0. The van der Waals surface area contributed by atoms with Gasteiger partial charge in [0, 0.05) is 12.0 Å². The number of esters is 1. The summed E-state index contributed by atoms with van der Waals surface area (Å²) >= 11 is 0. The van der Waals surface area contributed by atoms with Crippen LogP contribution in [0.3, 0.4) is 0 Å². The summed E-state index contributed by atoms with van der Waals surface area (Å²) in [4.78, 5) is 48.7. The fraction of sp³-hybridized carbons (Fsp3) is 0.314. The number of hydrogen-bond acceptors (Lipinski definition) is 4. The van der Waals surface area contributed by atoms with Crippen molar-refractivity contribution in [2.24, 2.45) is 17.8 Å². The summed E-state index contributed by atoms with van der Waals surface area (Å²) in [5.41, 5.74) is 7.67. The van der Waals surface area contributed by atoms with E-state index < -0.39 is 23.6 Å². The summed E-state index contributed by atoms with van der Waals surface area (Å²) < 4.78 is 5.11. The monoisotopic (exact) mass is 613 g/mol. The first kappa shape index (κ1) is 32.2. The molecule has 10 heteroatoms. The molecule has 2 aromatic heterocycles. The van der Waals surface area contributed by atoms with Crippen molar-refractivity contribution < 1.29 is 24.2 Å². The molecule has 3 atom stereocenters. The van der Waals surface area contributed by atoms with Crippen molar-refractivity contribution in [2.45, 2.75) is 47.5 Å². The topological polar surface area (TPSA) is 137 Å². The van der Waals surface area contributed by atoms with Gasteiger partial charge in [-0.25, -0.2) is 11.4 Å². The second-order valence-electron chi connectivity index (χ2n) is 11.6. The third-order valence-corrected chi connectivity index (χ3v) is 9.27. The van der Waals surface area contributed by atoms with Gasteiger partial charge < -0.3 is 30.4 Å². The number of hydrogen-bond donors (Lipinski definition) is 1. The minimum absolute atomic E-state index is 0. The predicted octanol–water partition coefficient (Wildman–Crippen LogP) is 4.33. The zero-order chi connectivity index (χ0) is 31.6. The Hall–Kier alpha value is -4.15. The van der Waals surface area contributed by atoms with Gasteiger partial charge in [0.15, 0.2) is 5.78 Å². The molecule has 1 saturated heterocycles. The van der Waals surface area contributed by atoms with E-state index >= 15 is 0 Å². The average molecular weight is 614 g/mol. The second-order valence-corrected chi connectivity index (χ2v) is 11.6. The number of carbonyl (C=O) groups is 3. The molecule has 1 aliphatic carbocycles. The molecule has 0 amide bonds. The first-order valence-electron chi connectivity index (χ1n) is 14.6. The van der Waals surface area contributed by atoms with Gasteiger partial charge in [-0.1, -0.05) is 42.7 Å². The summed E-state index contributed by atoms with van der Waals surface area (Å²) in [6, 6.07) is 0. The third-order valence-electron chi connectivity index (χ3n) is 9.27. The van der Waals surface area contributed by atoms with Gasteiger partial charge in [-0.2, -0.15) is 29.7 Å². The van der Waals surface area contributed by atoms with Gasteiger partial charge in [0.2, 0.25) is 0 Å². The Labute approximate surface area is 278 Å². The molecule has 8 bridgehead atoms. The molecule has 45 heavy (non-hydrogen) atoms. The van der Waals surface area contributed by atoms with E-state index in [9.17, 15) is 19.5 Å². The molecule has 1 N–H and O–H groups in total. The van der Waals surface area contributed by atoms with Gasteiger partial charge in [-0.3, -0.25) is 14.4 Å². The van der Waals surface area contributed by atoms with Crippen LogP contribution in [0, 0.1) is 37.5 Å². The number of carbonyl (C=O) groups excluding carboxylic acids is 2. The van der Waals surface area contributed by atoms with E-state index in [-0.39, 0.29) is 47.7 Å². The molecule has 9 nitrogen and oxygen atoms in total. The molecular formula is C35H33MgN4O5-3. The Balaban J connectivity index is 0.00000400. The second kappa shape index (κ2) is 12.0. The van der Waals surface area contributed by atoms with Crippen molar-refractivity contribution in [3.8, 4) is 0 Å². The standard InChI is InChI=1S/C35H35N4O5.Mg/c1-8-19-15(3)22-12-24-17(5)21(10-11-28(40)41)32(38-24)30-31(35(43)44-7)34(42)29-18(6)25(39-33(29)30)14-27-20(9-2)16(4)23(37-27)13-26(19)36-22;/h8-9,12-14,17,21,31H,1,10-11H2,2-7H3,(H3,38,39,40,41,42);/q-3;+2/p-2/b20-9+,24-12-,26-13-,27-14-;/t17-,21-,31+;/m0./s1. The van der Waals surface area contributed by atoms with Crippen LogP contribution >= 0.6 is 0 Å². The number of Topliss-reactive ketones (excluding diaryl/α,β-unsaturated/α-hetero) is 1. The van der Waals surface area contributed by atoms with Crippen molar-refractivity contribution in [2.75, 3.05) is 7.11 Å². The van der Waals surface area contributed by atoms with E-state index in [4.69, 9.17) is 25.3 Å². The summed E-state index contributed by atoms with van der Waals surface area (Å²) in [7, 11) is 1.25. The Kier molecular flexibility index (Phi) is 8.58. The summed E-state index contributed by atoms with van der Waals surface area (Å²) in [6.45, 7) is 13.8. The maximum Gasteiger partial charge on any atom is 2.00 e. The molecular weight excluding hydrogens is 581 g/mol. The molecule has 0 saturated carbocycles. The number of aromatic nitrogens is 2. The molecule has 0 aromatic carbocycles. The molecule has 2 aromatic rings. The fourth-order valence-corrected chi connectivity index (χ4v) is 6.81. The summed E-state index contributed by atoms with van der Waals surface area (Å²) in [6.07, 6.45) is 9.69. The van der Waals surface area contributed by atoms with Gasteiger partial charge in [0.1, 0.15) is 5.92 Å². The van der Waals surface area contributed by atoms with Crippen molar-refractivity contribution in [1.29, 1.82) is 0 Å². The van der Waals surface area contributed by atoms with Crippen LogP contribution in [0.4, 0.5) is 0 Å². The van der Waals surface area contributed by atoms with Gasteiger partial charge in [-0.15, -0.1) is 40.4 Å². The van der Waals surface area contributed by atoms with Crippen molar-refractivity contribution in [1.82, 2.24) is 9.97 Å². The van der Waals surface area contributed by atoms with Crippen LogP contribution in [0.5, 0.6) is 0 Å². The number of carboxylic acids is 1. The van der Waals surface area contributed by atoms with Gasteiger partial charge in [0.05, 0.1) is 7.11 Å². The predicted molar refractivity (Wildman–Crippen MR) is 173 cm³/mol. The number of carboxylic acid groups (broad SMARTS) is 1. The van der Waals surface area contributed by atoms with Crippen LogP contribution in [0.15, 0.2) is 47.1 Å². The Morgan fingerprint density at radius 2 is 1.80 bits per heavy atom. The molecule has 228 valence electrons. The molecule has 0 radical (unpaired) electrons. The van der Waals surface area contributed by atoms with Gasteiger partial charge in [0.25, 0.3) is 0 Å². The zero-order valence-electron chi connectivity index (χ0n) is 26.3.